The molecule has 0 aliphatic rings. The van der Waals surface area contributed by atoms with Gasteiger partial charge in [-0.05, 0) is 36.6 Å². The molecule has 3 heteroatoms. The summed E-state index contributed by atoms with van der Waals surface area (Å²) in [6.07, 6.45) is 1.03. The number of methoxy groups -OCH3 is 1. The van der Waals surface area contributed by atoms with E-state index in [-0.39, 0.29) is 5.97 Å². The zero-order valence-corrected chi connectivity index (χ0v) is 10.0. The summed E-state index contributed by atoms with van der Waals surface area (Å²) in [6.45, 7) is 5.02. The average Bonchev–Trinajstić information content (AvgIpc) is 2.28. The minimum atomic E-state index is -0.325. The summed E-state index contributed by atoms with van der Waals surface area (Å²) >= 11 is 0. The van der Waals surface area contributed by atoms with Crippen molar-refractivity contribution in [3.05, 3.63) is 29.8 Å². The highest BCUT2D eigenvalue weighted by molar-refractivity contribution is 5.89. The molecule has 0 unspecified atom stereocenters. The van der Waals surface area contributed by atoms with Gasteiger partial charge in [0.15, 0.2) is 0 Å². The Morgan fingerprint density at radius 2 is 1.88 bits per heavy atom. The Hall–Kier alpha value is -1.51. The monoisotopic (exact) mass is 222 g/mol. The SMILES string of the molecule is COC(=O)c1ccc(OCCC(C)C)cc1. The molecule has 0 saturated heterocycles. The Morgan fingerprint density at radius 3 is 2.38 bits per heavy atom. The molecule has 0 heterocycles. The van der Waals surface area contributed by atoms with E-state index in [4.69, 9.17) is 4.74 Å². The molecule has 0 radical (unpaired) electrons. The first-order valence-electron chi connectivity index (χ1n) is 5.44. The average molecular weight is 222 g/mol. The van der Waals surface area contributed by atoms with Crippen molar-refractivity contribution in [2.45, 2.75) is 20.3 Å². The van der Waals surface area contributed by atoms with Crippen molar-refractivity contribution in [1.82, 2.24) is 0 Å². The third-order valence-electron chi connectivity index (χ3n) is 2.24. The summed E-state index contributed by atoms with van der Waals surface area (Å²) in [5, 5.41) is 0. The lowest BCUT2D eigenvalue weighted by molar-refractivity contribution is 0.0600. The van der Waals surface area contributed by atoms with Gasteiger partial charge >= 0.3 is 5.97 Å². The number of benzene rings is 1. The number of carbonyl (C=O) groups excluding carboxylic acids is 1. The van der Waals surface area contributed by atoms with Gasteiger partial charge in [0.25, 0.3) is 0 Å². The van der Waals surface area contributed by atoms with Crippen LogP contribution in [0.25, 0.3) is 0 Å². The van der Waals surface area contributed by atoms with E-state index in [1.54, 1.807) is 24.3 Å². The van der Waals surface area contributed by atoms with Crippen molar-refractivity contribution >= 4 is 5.97 Å². The molecule has 3 nitrogen and oxygen atoms in total. The zero-order chi connectivity index (χ0) is 12.0. The molecule has 0 spiro atoms. The molecule has 16 heavy (non-hydrogen) atoms. The van der Waals surface area contributed by atoms with Crippen LogP contribution in [0.5, 0.6) is 5.75 Å². The Bertz CT molecular complexity index is 328. The first-order valence-corrected chi connectivity index (χ1v) is 5.44. The molecular formula is C13H18O3. The van der Waals surface area contributed by atoms with Crippen LogP contribution in [0.1, 0.15) is 30.6 Å². The lowest BCUT2D eigenvalue weighted by Gasteiger charge is -2.08. The van der Waals surface area contributed by atoms with Gasteiger partial charge in [0.1, 0.15) is 5.75 Å². The van der Waals surface area contributed by atoms with E-state index in [0.29, 0.717) is 18.1 Å². The Kier molecular flexibility index (Phi) is 4.83. The summed E-state index contributed by atoms with van der Waals surface area (Å²) in [7, 11) is 1.37. The third kappa shape index (κ3) is 3.93. The maximum absolute atomic E-state index is 11.2. The lowest BCUT2D eigenvalue weighted by atomic mass is 10.1. The largest absolute Gasteiger partial charge is 0.494 e. The van der Waals surface area contributed by atoms with E-state index in [1.165, 1.54) is 7.11 Å². The highest BCUT2D eigenvalue weighted by atomic mass is 16.5. The first kappa shape index (κ1) is 12.6. The highest BCUT2D eigenvalue weighted by Crippen LogP contribution is 2.13. The summed E-state index contributed by atoms with van der Waals surface area (Å²) < 4.78 is 10.1. The molecule has 0 aromatic heterocycles. The summed E-state index contributed by atoms with van der Waals surface area (Å²) in [4.78, 5) is 11.2. The van der Waals surface area contributed by atoms with Gasteiger partial charge in [-0.25, -0.2) is 4.79 Å². The predicted molar refractivity (Wildman–Crippen MR) is 62.7 cm³/mol. The first-order chi connectivity index (χ1) is 7.63. The maximum atomic E-state index is 11.2. The fourth-order valence-electron chi connectivity index (χ4n) is 1.22. The Balaban J connectivity index is 2.48. The van der Waals surface area contributed by atoms with Crippen LogP contribution in [0.2, 0.25) is 0 Å². The van der Waals surface area contributed by atoms with Crippen LogP contribution in [0, 0.1) is 5.92 Å². The van der Waals surface area contributed by atoms with Crippen molar-refractivity contribution < 1.29 is 14.3 Å². The molecular weight excluding hydrogens is 204 g/mol. The summed E-state index contributed by atoms with van der Waals surface area (Å²) in [5.41, 5.74) is 0.540. The molecule has 0 atom stereocenters. The maximum Gasteiger partial charge on any atom is 0.337 e. The molecule has 88 valence electrons. The van der Waals surface area contributed by atoms with E-state index >= 15 is 0 Å². The third-order valence-corrected chi connectivity index (χ3v) is 2.24. The number of hydrogen-bond acceptors (Lipinski definition) is 3. The number of hydrogen-bond donors (Lipinski definition) is 0. The van der Waals surface area contributed by atoms with Gasteiger partial charge in [-0.15, -0.1) is 0 Å². The topological polar surface area (TPSA) is 35.5 Å². The Morgan fingerprint density at radius 1 is 1.25 bits per heavy atom. The van der Waals surface area contributed by atoms with Crippen LogP contribution in [0.15, 0.2) is 24.3 Å². The molecule has 1 aromatic rings. The molecule has 0 N–H and O–H groups in total. The van der Waals surface area contributed by atoms with Crippen molar-refractivity contribution in [3.63, 3.8) is 0 Å². The number of carbonyl (C=O) groups is 1. The van der Waals surface area contributed by atoms with E-state index in [1.807, 2.05) is 0 Å². The number of rotatable bonds is 5. The van der Waals surface area contributed by atoms with Crippen LogP contribution in [0.4, 0.5) is 0 Å². The van der Waals surface area contributed by atoms with Gasteiger partial charge in [-0.2, -0.15) is 0 Å². The molecule has 0 saturated carbocycles. The fraction of sp³-hybridized carbons (Fsp3) is 0.462. The standard InChI is InChI=1S/C13H18O3/c1-10(2)8-9-16-12-6-4-11(5-7-12)13(14)15-3/h4-7,10H,8-9H2,1-3H3. The van der Waals surface area contributed by atoms with Crippen molar-refractivity contribution in [1.29, 1.82) is 0 Å². The summed E-state index contributed by atoms with van der Waals surface area (Å²) in [6, 6.07) is 6.98. The smallest absolute Gasteiger partial charge is 0.337 e. The molecule has 0 aliphatic heterocycles. The fourth-order valence-corrected chi connectivity index (χ4v) is 1.22. The van der Waals surface area contributed by atoms with Crippen molar-refractivity contribution in [2.75, 3.05) is 13.7 Å². The normalized spacial score (nSPS) is 10.2. The van der Waals surface area contributed by atoms with Gasteiger partial charge in [-0.3, -0.25) is 0 Å². The second kappa shape index (κ2) is 6.16. The van der Waals surface area contributed by atoms with Crippen LogP contribution in [-0.2, 0) is 4.74 Å². The van der Waals surface area contributed by atoms with E-state index in [9.17, 15) is 4.79 Å². The molecule has 1 aromatic carbocycles. The van der Waals surface area contributed by atoms with E-state index in [0.717, 1.165) is 12.2 Å². The van der Waals surface area contributed by atoms with Crippen LogP contribution < -0.4 is 4.74 Å². The quantitative estimate of drug-likeness (QED) is 0.718. The Labute approximate surface area is 96.4 Å². The molecule has 0 amide bonds. The molecule has 0 aliphatic carbocycles. The zero-order valence-electron chi connectivity index (χ0n) is 10.0. The van der Waals surface area contributed by atoms with Gasteiger partial charge in [0, 0.05) is 0 Å². The second-order valence-corrected chi connectivity index (χ2v) is 4.05. The van der Waals surface area contributed by atoms with Gasteiger partial charge < -0.3 is 9.47 Å². The van der Waals surface area contributed by atoms with Crippen molar-refractivity contribution in [3.8, 4) is 5.75 Å². The van der Waals surface area contributed by atoms with Gasteiger partial charge in [-0.1, -0.05) is 13.8 Å². The number of esters is 1. The van der Waals surface area contributed by atoms with Gasteiger partial charge in [0.05, 0.1) is 19.3 Å². The van der Waals surface area contributed by atoms with Crippen LogP contribution >= 0.6 is 0 Å². The predicted octanol–water partition coefficient (Wildman–Crippen LogP) is 2.90. The number of ether oxygens (including phenoxy) is 2. The van der Waals surface area contributed by atoms with Crippen LogP contribution in [-0.4, -0.2) is 19.7 Å². The molecule has 1 rings (SSSR count). The minimum Gasteiger partial charge on any atom is -0.494 e. The van der Waals surface area contributed by atoms with Crippen LogP contribution in [0.3, 0.4) is 0 Å². The minimum absolute atomic E-state index is 0.325. The van der Waals surface area contributed by atoms with Crippen molar-refractivity contribution in [2.24, 2.45) is 5.92 Å². The van der Waals surface area contributed by atoms with E-state index < -0.39 is 0 Å². The molecule has 0 fully saturated rings. The van der Waals surface area contributed by atoms with E-state index in [2.05, 4.69) is 18.6 Å². The summed E-state index contributed by atoms with van der Waals surface area (Å²) in [5.74, 6) is 1.09. The van der Waals surface area contributed by atoms with Gasteiger partial charge in [0.2, 0.25) is 0 Å². The second-order valence-electron chi connectivity index (χ2n) is 4.05. The molecule has 0 bridgehead atoms. The highest BCUT2D eigenvalue weighted by Gasteiger charge is 2.04. The lowest BCUT2D eigenvalue weighted by Crippen LogP contribution is -2.03.